The number of nitrogens with zero attached hydrogens (tertiary/aromatic N) is 2. The van der Waals surface area contributed by atoms with Gasteiger partial charge in [-0.05, 0) is 20.3 Å². The van der Waals surface area contributed by atoms with Gasteiger partial charge in [0.15, 0.2) is 0 Å². The Morgan fingerprint density at radius 1 is 1.41 bits per heavy atom. The summed E-state index contributed by atoms with van der Waals surface area (Å²) in [5.41, 5.74) is 1.03. The van der Waals surface area contributed by atoms with Crippen LogP contribution in [0.2, 0.25) is 0 Å². The van der Waals surface area contributed by atoms with E-state index in [9.17, 15) is 0 Å². The molecule has 1 aromatic rings. The molecule has 5 heteroatoms. The molecule has 0 bridgehead atoms. The van der Waals surface area contributed by atoms with Gasteiger partial charge in [-0.2, -0.15) is 0 Å². The number of rotatable bonds is 9. The van der Waals surface area contributed by atoms with Crippen molar-refractivity contribution >= 4 is 5.95 Å². The molecule has 0 aliphatic rings. The second-order valence-electron chi connectivity index (χ2n) is 3.87. The van der Waals surface area contributed by atoms with Crippen molar-refractivity contribution in [1.29, 1.82) is 0 Å². The van der Waals surface area contributed by atoms with E-state index < -0.39 is 0 Å². The fourth-order valence-electron chi connectivity index (χ4n) is 1.60. The number of nitrogens with one attached hydrogen (secondary N) is 1. The summed E-state index contributed by atoms with van der Waals surface area (Å²) in [4.78, 5) is 4.44. The van der Waals surface area contributed by atoms with E-state index in [2.05, 4.69) is 21.1 Å². The molecule has 1 aromatic heterocycles. The Kier molecular flexibility index (Phi) is 6.65. The van der Waals surface area contributed by atoms with Gasteiger partial charge in [-0.3, -0.25) is 0 Å². The first-order chi connectivity index (χ1) is 8.27. The zero-order valence-corrected chi connectivity index (χ0v) is 11.0. The summed E-state index contributed by atoms with van der Waals surface area (Å²) in [6.07, 6.45) is 3.06. The van der Waals surface area contributed by atoms with Crippen molar-refractivity contribution in [2.24, 2.45) is 0 Å². The van der Waals surface area contributed by atoms with Crippen LogP contribution in [-0.2, 0) is 16.0 Å². The van der Waals surface area contributed by atoms with E-state index in [1.54, 1.807) is 7.11 Å². The molecule has 0 aliphatic carbocycles. The highest BCUT2D eigenvalue weighted by Gasteiger charge is 2.04. The van der Waals surface area contributed by atoms with E-state index in [1.165, 1.54) is 0 Å². The maximum atomic E-state index is 5.33. The molecule has 0 spiro atoms. The monoisotopic (exact) mass is 241 g/mol. The summed E-state index contributed by atoms with van der Waals surface area (Å²) in [5.74, 6) is 0.913. The molecule has 0 saturated carbocycles. The topological polar surface area (TPSA) is 48.3 Å². The van der Waals surface area contributed by atoms with Gasteiger partial charge in [-0.15, -0.1) is 0 Å². The van der Waals surface area contributed by atoms with Gasteiger partial charge in [-0.25, -0.2) is 4.98 Å². The largest absolute Gasteiger partial charge is 0.383 e. The normalized spacial score (nSPS) is 10.8. The maximum Gasteiger partial charge on any atom is 0.203 e. The second-order valence-corrected chi connectivity index (χ2v) is 3.87. The predicted octanol–water partition coefficient (Wildman–Crippen LogP) is 1.68. The van der Waals surface area contributed by atoms with Crippen molar-refractivity contribution in [3.63, 3.8) is 0 Å². The van der Waals surface area contributed by atoms with Crippen molar-refractivity contribution < 1.29 is 9.47 Å². The van der Waals surface area contributed by atoms with Crippen LogP contribution in [0.25, 0.3) is 0 Å². The fraction of sp³-hybridized carbons (Fsp3) is 0.750. The quantitative estimate of drug-likeness (QED) is 0.668. The number of imidazole rings is 1. The van der Waals surface area contributed by atoms with Crippen LogP contribution in [0.15, 0.2) is 6.20 Å². The molecular weight excluding hydrogens is 218 g/mol. The first-order valence-electron chi connectivity index (χ1n) is 6.12. The number of aryl methyl sites for hydroxylation is 2. The lowest BCUT2D eigenvalue weighted by Gasteiger charge is -2.09. The number of methoxy groups -OCH3 is 1. The van der Waals surface area contributed by atoms with E-state index in [1.807, 2.05) is 13.8 Å². The van der Waals surface area contributed by atoms with Crippen molar-refractivity contribution in [3.05, 3.63) is 11.9 Å². The Balaban J connectivity index is 2.40. The Bertz CT molecular complexity index is 313. The Labute approximate surface area is 103 Å². The van der Waals surface area contributed by atoms with Crippen LogP contribution in [0.4, 0.5) is 5.95 Å². The molecule has 1 heterocycles. The molecule has 98 valence electrons. The van der Waals surface area contributed by atoms with Crippen molar-refractivity contribution in [2.45, 2.75) is 26.8 Å². The molecule has 0 atom stereocenters. The molecular formula is C12H23N3O2. The second kappa shape index (κ2) is 8.08. The van der Waals surface area contributed by atoms with Crippen LogP contribution >= 0.6 is 0 Å². The third-order valence-corrected chi connectivity index (χ3v) is 2.38. The van der Waals surface area contributed by atoms with Crippen LogP contribution in [0, 0.1) is 6.92 Å². The third-order valence-electron chi connectivity index (χ3n) is 2.38. The minimum Gasteiger partial charge on any atom is -0.383 e. The number of hydrogen-bond donors (Lipinski definition) is 1. The zero-order valence-electron chi connectivity index (χ0n) is 11.0. The molecule has 0 fully saturated rings. The highest BCUT2D eigenvalue weighted by molar-refractivity contribution is 5.28. The summed E-state index contributed by atoms with van der Waals surface area (Å²) >= 11 is 0. The first-order valence-corrected chi connectivity index (χ1v) is 6.12. The number of ether oxygens (including phenoxy) is 2. The Morgan fingerprint density at radius 3 is 2.94 bits per heavy atom. The molecule has 0 radical (unpaired) electrons. The lowest BCUT2D eigenvalue weighted by molar-refractivity contribution is 0.142. The maximum absolute atomic E-state index is 5.33. The van der Waals surface area contributed by atoms with Gasteiger partial charge in [0.25, 0.3) is 0 Å². The summed E-state index contributed by atoms with van der Waals surface area (Å²) in [5, 5.41) is 3.26. The van der Waals surface area contributed by atoms with Crippen molar-refractivity contribution in [3.8, 4) is 0 Å². The molecule has 1 N–H and O–H groups in total. The third kappa shape index (κ3) is 5.19. The minimum absolute atomic E-state index is 0.685. The van der Waals surface area contributed by atoms with Crippen molar-refractivity contribution in [1.82, 2.24) is 9.55 Å². The fourth-order valence-corrected chi connectivity index (χ4v) is 1.60. The minimum atomic E-state index is 0.685. The molecule has 0 unspecified atom stereocenters. The first kappa shape index (κ1) is 14.0. The van der Waals surface area contributed by atoms with Gasteiger partial charge >= 0.3 is 0 Å². The Hall–Kier alpha value is -1.07. The van der Waals surface area contributed by atoms with Crippen LogP contribution in [0.5, 0.6) is 0 Å². The predicted molar refractivity (Wildman–Crippen MR) is 68.4 cm³/mol. The molecule has 0 saturated heterocycles. The van der Waals surface area contributed by atoms with Gasteiger partial charge < -0.3 is 19.4 Å². The molecule has 1 rings (SSSR count). The Morgan fingerprint density at radius 2 is 2.24 bits per heavy atom. The van der Waals surface area contributed by atoms with Crippen molar-refractivity contribution in [2.75, 3.05) is 38.8 Å². The lowest BCUT2D eigenvalue weighted by Crippen LogP contribution is -2.13. The summed E-state index contributed by atoms with van der Waals surface area (Å²) in [6.45, 7) is 7.98. The number of hydrogen-bond acceptors (Lipinski definition) is 4. The average Bonchev–Trinajstić information content (AvgIpc) is 2.66. The van der Waals surface area contributed by atoms with E-state index in [0.717, 1.165) is 44.4 Å². The van der Waals surface area contributed by atoms with Crippen LogP contribution in [-0.4, -0.2) is 43.0 Å². The van der Waals surface area contributed by atoms with Gasteiger partial charge in [0.2, 0.25) is 5.95 Å². The SMILES string of the molecule is CCOCCCn1cc(C)nc1NCCOC. The van der Waals surface area contributed by atoms with Crippen LogP contribution in [0.3, 0.4) is 0 Å². The van der Waals surface area contributed by atoms with Crippen LogP contribution in [0.1, 0.15) is 19.0 Å². The van der Waals surface area contributed by atoms with Crippen LogP contribution < -0.4 is 5.32 Å². The smallest absolute Gasteiger partial charge is 0.203 e. The average molecular weight is 241 g/mol. The molecule has 0 aliphatic heterocycles. The standard InChI is InChI=1S/C12H23N3O2/c1-4-17-8-5-7-15-10-11(2)14-12(15)13-6-9-16-3/h10H,4-9H2,1-3H3,(H,13,14). The van der Waals surface area contributed by atoms with E-state index >= 15 is 0 Å². The van der Waals surface area contributed by atoms with Gasteiger partial charge in [0, 0.05) is 39.6 Å². The van der Waals surface area contributed by atoms with E-state index in [-0.39, 0.29) is 0 Å². The molecule has 0 amide bonds. The number of anilines is 1. The highest BCUT2D eigenvalue weighted by atomic mass is 16.5. The molecule has 17 heavy (non-hydrogen) atoms. The molecule has 5 nitrogen and oxygen atoms in total. The summed E-state index contributed by atoms with van der Waals surface area (Å²) < 4.78 is 12.5. The van der Waals surface area contributed by atoms with Gasteiger partial charge in [0.05, 0.1) is 12.3 Å². The zero-order chi connectivity index (χ0) is 12.5. The highest BCUT2D eigenvalue weighted by Crippen LogP contribution is 2.08. The van der Waals surface area contributed by atoms with Gasteiger partial charge in [-0.1, -0.05) is 0 Å². The summed E-state index contributed by atoms with van der Waals surface area (Å²) in [7, 11) is 1.70. The summed E-state index contributed by atoms with van der Waals surface area (Å²) in [6, 6.07) is 0. The van der Waals surface area contributed by atoms with E-state index in [4.69, 9.17) is 9.47 Å². The van der Waals surface area contributed by atoms with Gasteiger partial charge in [0.1, 0.15) is 0 Å². The number of aromatic nitrogens is 2. The lowest BCUT2D eigenvalue weighted by atomic mass is 10.4. The van der Waals surface area contributed by atoms with E-state index in [0.29, 0.717) is 6.61 Å². The molecule has 0 aromatic carbocycles.